The third kappa shape index (κ3) is 3.49. The molecule has 1 spiro atoms. The first-order valence-corrected chi connectivity index (χ1v) is 10.1. The molecule has 1 aromatic carbocycles. The van der Waals surface area contributed by atoms with Crippen LogP contribution in [0.1, 0.15) is 31.2 Å². The van der Waals surface area contributed by atoms with E-state index in [-0.39, 0.29) is 24.4 Å². The summed E-state index contributed by atoms with van der Waals surface area (Å²) in [6, 6.07) is 6.66. The molecule has 3 rings (SSSR count). The molecular weight excluding hydrogens is 350 g/mol. The van der Waals surface area contributed by atoms with Crippen molar-refractivity contribution >= 4 is 15.9 Å². The minimum absolute atomic E-state index is 0.0484. The number of halogens is 2. The number of nitrogens with one attached hydrogen (secondary N) is 1. The first-order chi connectivity index (χ1) is 11.8. The van der Waals surface area contributed by atoms with Gasteiger partial charge in [0.15, 0.2) is 9.84 Å². The minimum atomic E-state index is -3.25. The Kier molecular flexibility index (Phi) is 4.74. The molecule has 1 N–H and O–H groups in total. The zero-order chi connectivity index (χ0) is 18.1. The lowest BCUT2D eigenvalue weighted by atomic mass is 9.81. The van der Waals surface area contributed by atoms with E-state index < -0.39 is 33.1 Å². The molecule has 25 heavy (non-hydrogen) atoms. The van der Waals surface area contributed by atoms with Gasteiger partial charge in [-0.2, -0.15) is 8.78 Å². The van der Waals surface area contributed by atoms with Gasteiger partial charge in [0.1, 0.15) is 0 Å². The highest BCUT2D eigenvalue weighted by molar-refractivity contribution is 7.92. The lowest BCUT2D eigenvalue weighted by Gasteiger charge is -2.39. The van der Waals surface area contributed by atoms with Gasteiger partial charge in [-0.25, -0.2) is 13.2 Å². The number of urea groups is 1. The van der Waals surface area contributed by atoms with Crippen molar-refractivity contribution in [2.75, 3.05) is 25.4 Å². The first-order valence-electron chi connectivity index (χ1n) is 8.44. The number of hydrogen-bond acceptors (Lipinski definition) is 3. The number of carbonyl (C=O) groups excluding carboxylic acids is 1. The van der Waals surface area contributed by atoms with Crippen LogP contribution in [0.2, 0.25) is 0 Å². The number of nitrogens with zero attached hydrogens (tertiary/aromatic N) is 1. The summed E-state index contributed by atoms with van der Waals surface area (Å²) in [5, 5.41) is 2.25. The van der Waals surface area contributed by atoms with E-state index in [0.29, 0.717) is 19.3 Å². The normalized spacial score (nSPS) is 22.1. The Hall–Kier alpha value is -1.70. The third-order valence-electron chi connectivity index (χ3n) is 5.34. The summed E-state index contributed by atoms with van der Waals surface area (Å²) in [6.07, 6.45) is 2.54. The first kappa shape index (κ1) is 18.1. The molecule has 1 saturated heterocycles. The maximum atomic E-state index is 14.1. The molecule has 1 aromatic rings. The summed E-state index contributed by atoms with van der Waals surface area (Å²) in [5.74, 6) is -3.28. The zero-order valence-corrected chi connectivity index (χ0v) is 14.7. The Morgan fingerprint density at radius 2 is 1.84 bits per heavy atom. The molecule has 1 aliphatic carbocycles. The van der Waals surface area contributed by atoms with Crippen molar-refractivity contribution in [2.45, 2.75) is 36.4 Å². The lowest BCUT2D eigenvalue weighted by molar-refractivity contribution is -0.00156. The molecule has 2 aliphatic rings. The summed E-state index contributed by atoms with van der Waals surface area (Å²) in [5.41, 5.74) is -0.165. The number of alkyl halides is 2. The van der Waals surface area contributed by atoms with E-state index in [0.717, 1.165) is 6.42 Å². The van der Waals surface area contributed by atoms with Crippen molar-refractivity contribution in [3.63, 3.8) is 0 Å². The topological polar surface area (TPSA) is 66.5 Å². The number of carbonyl (C=O) groups is 1. The Morgan fingerprint density at radius 1 is 1.16 bits per heavy atom. The molecule has 0 atom stereocenters. The zero-order valence-electron chi connectivity index (χ0n) is 13.9. The van der Waals surface area contributed by atoms with Gasteiger partial charge in [0.25, 0.3) is 5.92 Å². The summed E-state index contributed by atoms with van der Waals surface area (Å²) >= 11 is 0. The second-order valence-electron chi connectivity index (χ2n) is 6.82. The molecule has 2 fully saturated rings. The minimum Gasteiger partial charge on any atom is -0.332 e. The fraction of sp³-hybridized carbons (Fsp3) is 0.588. The predicted molar refractivity (Wildman–Crippen MR) is 90.3 cm³/mol. The number of benzene rings is 1. The highest BCUT2D eigenvalue weighted by Crippen LogP contribution is 2.43. The number of sulfone groups is 1. The van der Waals surface area contributed by atoms with Crippen LogP contribution in [0.25, 0.3) is 0 Å². The molecule has 1 saturated carbocycles. The Labute approximate surface area is 146 Å². The maximum absolute atomic E-state index is 14.1. The Bertz CT molecular complexity index is 734. The van der Waals surface area contributed by atoms with Gasteiger partial charge in [-0.15, -0.1) is 0 Å². The quantitative estimate of drug-likeness (QED) is 0.887. The van der Waals surface area contributed by atoms with Crippen LogP contribution in [0.5, 0.6) is 0 Å². The van der Waals surface area contributed by atoms with Gasteiger partial charge in [0.05, 0.1) is 17.0 Å². The van der Waals surface area contributed by atoms with E-state index in [1.54, 1.807) is 6.07 Å². The fourth-order valence-electron chi connectivity index (χ4n) is 3.47. The molecule has 2 amide bonds. The van der Waals surface area contributed by atoms with Gasteiger partial charge in [-0.05, 0) is 19.3 Å². The van der Waals surface area contributed by atoms with Crippen LogP contribution >= 0.6 is 0 Å². The average molecular weight is 372 g/mol. The van der Waals surface area contributed by atoms with Crippen molar-refractivity contribution in [2.24, 2.45) is 0 Å². The van der Waals surface area contributed by atoms with E-state index >= 15 is 0 Å². The summed E-state index contributed by atoms with van der Waals surface area (Å²) < 4.78 is 52.4. The average Bonchev–Trinajstić information content (AvgIpc) is 2.69. The van der Waals surface area contributed by atoms with Gasteiger partial charge in [0, 0.05) is 18.7 Å². The Balaban J connectivity index is 1.60. The third-order valence-corrected chi connectivity index (χ3v) is 7.99. The molecular formula is C17H22F2N2O3S. The van der Waals surface area contributed by atoms with Crippen LogP contribution in [-0.4, -0.2) is 49.5 Å². The van der Waals surface area contributed by atoms with Crippen molar-refractivity contribution in [3.05, 3.63) is 35.9 Å². The molecule has 1 heterocycles. The largest absolute Gasteiger partial charge is 0.332 e. The van der Waals surface area contributed by atoms with Crippen molar-refractivity contribution in [3.8, 4) is 0 Å². The van der Waals surface area contributed by atoms with Crippen LogP contribution in [0.3, 0.4) is 0 Å². The molecule has 0 bridgehead atoms. The number of rotatable bonds is 3. The van der Waals surface area contributed by atoms with Gasteiger partial charge >= 0.3 is 6.03 Å². The second kappa shape index (κ2) is 6.55. The van der Waals surface area contributed by atoms with E-state index in [2.05, 4.69) is 5.32 Å². The lowest BCUT2D eigenvalue weighted by Crippen LogP contribution is -2.46. The monoisotopic (exact) mass is 372 g/mol. The van der Waals surface area contributed by atoms with Gasteiger partial charge < -0.3 is 10.2 Å². The van der Waals surface area contributed by atoms with Gasteiger partial charge in [-0.1, -0.05) is 36.8 Å². The maximum Gasteiger partial charge on any atom is 0.317 e. The predicted octanol–water partition coefficient (Wildman–Crippen LogP) is 2.53. The van der Waals surface area contributed by atoms with Crippen LogP contribution in [0, 0.1) is 0 Å². The van der Waals surface area contributed by atoms with Crippen LogP contribution in [0.4, 0.5) is 13.6 Å². The van der Waals surface area contributed by atoms with E-state index in [1.165, 1.54) is 29.2 Å². The van der Waals surface area contributed by atoms with Crippen molar-refractivity contribution in [1.29, 1.82) is 0 Å². The second-order valence-corrected chi connectivity index (χ2v) is 9.33. The van der Waals surface area contributed by atoms with Crippen molar-refractivity contribution < 1.29 is 22.0 Å². The SMILES string of the molecule is O=C(NCC(F)(F)c1ccccc1)N1CCC2(CCC2)S(=O)(=O)CC1. The van der Waals surface area contributed by atoms with Crippen LogP contribution in [-0.2, 0) is 15.8 Å². The molecule has 1 aliphatic heterocycles. The van der Waals surface area contributed by atoms with E-state index in [1.807, 2.05) is 0 Å². The molecule has 5 nitrogen and oxygen atoms in total. The highest BCUT2D eigenvalue weighted by atomic mass is 32.2. The molecule has 138 valence electrons. The van der Waals surface area contributed by atoms with Gasteiger partial charge in [-0.3, -0.25) is 0 Å². The summed E-state index contributed by atoms with van der Waals surface area (Å²) in [6.45, 7) is -0.487. The number of amides is 2. The van der Waals surface area contributed by atoms with E-state index in [9.17, 15) is 22.0 Å². The highest BCUT2D eigenvalue weighted by Gasteiger charge is 2.50. The van der Waals surface area contributed by atoms with E-state index in [4.69, 9.17) is 0 Å². The standard InChI is InChI=1S/C17H22F2N2O3S/c18-17(19,14-5-2-1-3-6-14)13-20-15(22)21-10-9-16(7-4-8-16)25(23,24)12-11-21/h1-3,5-6H,4,7-13H2,(H,20,22). The summed E-state index contributed by atoms with van der Waals surface area (Å²) in [7, 11) is -3.25. The number of hydrogen-bond donors (Lipinski definition) is 1. The van der Waals surface area contributed by atoms with Gasteiger partial charge in [0.2, 0.25) is 0 Å². The van der Waals surface area contributed by atoms with Crippen LogP contribution in [0.15, 0.2) is 30.3 Å². The molecule has 8 heteroatoms. The molecule has 0 unspecified atom stereocenters. The smallest absolute Gasteiger partial charge is 0.317 e. The molecule has 0 aromatic heterocycles. The van der Waals surface area contributed by atoms with Crippen molar-refractivity contribution in [1.82, 2.24) is 10.2 Å². The summed E-state index contributed by atoms with van der Waals surface area (Å²) in [4.78, 5) is 13.6. The Morgan fingerprint density at radius 3 is 2.44 bits per heavy atom. The van der Waals surface area contributed by atoms with Crippen LogP contribution < -0.4 is 5.32 Å². The fourth-order valence-corrected chi connectivity index (χ4v) is 5.68. The molecule has 0 radical (unpaired) electrons.